The van der Waals surface area contributed by atoms with Gasteiger partial charge in [-0.25, -0.2) is 0 Å². The zero-order chi connectivity index (χ0) is 9.73. The van der Waals surface area contributed by atoms with E-state index in [2.05, 4.69) is 0 Å². The molecule has 0 aromatic heterocycles. The van der Waals surface area contributed by atoms with Crippen LogP contribution in [-0.2, 0) is 13.6 Å². The predicted molar refractivity (Wildman–Crippen MR) is 62.5 cm³/mol. The van der Waals surface area contributed by atoms with Gasteiger partial charge in [0.05, 0.1) is 0 Å². The Hall–Kier alpha value is 0.880. The first kappa shape index (κ1) is 12.0. The summed E-state index contributed by atoms with van der Waals surface area (Å²) < 4.78 is 17.3. The van der Waals surface area contributed by atoms with E-state index in [9.17, 15) is 0 Å². The van der Waals surface area contributed by atoms with Gasteiger partial charge < -0.3 is 13.6 Å². The Morgan fingerprint density at radius 2 is 1.46 bits per heavy atom. The number of hydrogen-bond donors (Lipinski definition) is 0. The van der Waals surface area contributed by atoms with Crippen LogP contribution in [0.25, 0.3) is 0 Å². The quantitative estimate of drug-likeness (QED) is 0.709. The van der Waals surface area contributed by atoms with Crippen LogP contribution in [-0.4, -0.2) is 36.8 Å². The van der Waals surface area contributed by atoms with Crippen molar-refractivity contribution in [1.29, 1.82) is 0 Å². The zero-order valence-corrected chi connectivity index (χ0v) is 10.6. The van der Waals surface area contributed by atoms with E-state index in [4.69, 9.17) is 13.6 Å². The van der Waals surface area contributed by atoms with Gasteiger partial charge in [0.1, 0.15) is 3.96 Å². The van der Waals surface area contributed by atoms with E-state index in [0.29, 0.717) is 0 Å². The zero-order valence-electron chi connectivity index (χ0n) is 8.11. The summed E-state index contributed by atoms with van der Waals surface area (Å²) in [4.78, 5) is 0. The minimum absolute atomic E-state index is 1.14. The summed E-state index contributed by atoms with van der Waals surface area (Å²) in [6.07, 6.45) is 1.25. The third kappa shape index (κ3) is 2.67. The second kappa shape index (κ2) is 5.69. The summed E-state index contributed by atoms with van der Waals surface area (Å²) in [7, 11) is 2.76. The van der Waals surface area contributed by atoms with E-state index in [1.54, 1.807) is 44.9 Å². The number of rotatable bonds is 3. The van der Waals surface area contributed by atoms with Crippen molar-refractivity contribution in [2.75, 3.05) is 32.8 Å². The molecule has 1 fully saturated rings. The molecule has 6 heteroatoms. The van der Waals surface area contributed by atoms with Crippen molar-refractivity contribution >= 4 is 35.0 Å². The average molecular weight is 242 g/mol. The highest BCUT2D eigenvalue weighted by Gasteiger charge is 2.25. The molecule has 1 aliphatic heterocycles. The Balaban J connectivity index is 2.91. The SMILES string of the molecule is COP(OC)(OC)=C1SCCCS1. The molecule has 0 N–H and O–H groups in total. The second-order valence-corrected chi connectivity index (χ2v) is 7.97. The van der Waals surface area contributed by atoms with Crippen LogP contribution >= 0.6 is 31.1 Å². The van der Waals surface area contributed by atoms with Gasteiger partial charge in [-0.2, -0.15) is 0 Å². The van der Waals surface area contributed by atoms with E-state index in [1.165, 1.54) is 10.4 Å². The third-order valence-corrected chi connectivity index (χ3v) is 7.88. The highest BCUT2D eigenvalue weighted by Crippen LogP contribution is 2.56. The van der Waals surface area contributed by atoms with Crippen molar-refractivity contribution in [3.8, 4) is 0 Å². The highest BCUT2D eigenvalue weighted by atomic mass is 32.2. The average Bonchev–Trinajstić information content (AvgIpc) is 2.23. The van der Waals surface area contributed by atoms with Crippen LogP contribution in [0, 0.1) is 0 Å². The van der Waals surface area contributed by atoms with Gasteiger partial charge in [0, 0.05) is 21.3 Å². The molecule has 0 spiro atoms. The lowest BCUT2D eigenvalue weighted by atomic mass is 10.6. The molecule has 0 amide bonds. The number of hydrogen-bond acceptors (Lipinski definition) is 5. The largest absolute Gasteiger partial charge is 0.319 e. The molecule has 0 aromatic rings. The van der Waals surface area contributed by atoms with Crippen molar-refractivity contribution in [2.45, 2.75) is 6.42 Å². The van der Waals surface area contributed by atoms with Crippen LogP contribution in [0.3, 0.4) is 0 Å². The van der Waals surface area contributed by atoms with E-state index in [1.807, 2.05) is 0 Å². The summed E-state index contributed by atoms with van der Waals surface area (Å²) in [5.74, 6) is 2.28. The molecule has 0 unspecified atom stereocenters. The summed E-state index contributed by atoms with van der Waals surface area (Å²) in [5, 5.41) is 0. The standard InChI is InChI=1S/C7H15O3PS2/c1-8-11(9-2,10-3)7-12-5-4-6-13-7/h4-6H2,1-3H3. The van der Waals surface area contributed by atoms with Crippen molar-refractivity contribution in [1.82, 2.24) is 0 Å². The Labute approximate surface area is 88.1 Å². The Morgan fingerprint density at radius 1 is 1.00 bits per heavy atom. The maximum atomic E-state index is 5.36. The van der Waals surface area contributed by atoms with Gasteiger partial charge in [0.15, 0.2) is 0 Å². The molecule has 0 aliphatic carbocycles. The van der Waals surface area contributed by atoms with Gasteiger partial charge >= 0.3 is 0 Å². The molecule has 0 aromatic carbocycles. The van der Waals surface area contributed by atoms with Gasteiger partial charge in [-0.15, -0.1) is 23.5 Å². The highest BCUT2D eigenvalue weighted by molar-refractivity contribution is 8.45. The molecule has 0 radical (unpaired) electrons. The van der Waals surface area contributed by atoms with Crippen molar-refractivity contribution in [3.63, 3.8) is 0 Å². The Kier molecular flexibility index (Phi) is 5.23. The molecule has 1 heterocycles. The monoisotopic (exact) mass is 242 g/mol. The lowest BCUT2D eigenvalue weighted by Crippen LogP contribution is -2.06. The fourth-order valence-electron chi connectivity index (χ4n) is 1.02. The Bertz CT molecular complexity index is 193. The lowest BCUT2D eigenvalue weighted by molar-refractivity contribution is 0.233. The lowest BCUT2D eigenvalue weighted by Gasteiger charge is -2.25. The Morgan fingerprint density at radius 3 is 1.85 bits per heavy atom. The van der Waals surface area contributed by atoms with Gasteiger partial charge in [0.2, 0.25) is 0 Å². The topological polar surface area (TPSA) is 27.7 Å². The van der Waals surface area contributed by atoms with E-state index < -0.39 is 7.57 Å². The van der Waals surface area contributed by atoms with Gasteiger partial charge in [-0.05, 0) is 17.9 Å². The van der Waals surface area contributed by atoms with Crippen LogP contribution in [0.15, 0.2) is 0 Å². The van der Waals surface area contributed by atoms with Crippen LogP contribution in [0.1, 0.15) is 6.42 Å². The molecule has 0 atom stereocenters. The normalized spacial score (nSPS) is 19.2. The summed E-state index contributed by atoms with van der Waals surface area (Å²) in [6, 6.07) is 0. The molecule has 13 heavy (non-hydrogen) atoms. The molecule has 3 nitrogen and oxygen atoms in total. The maximum absolute atomic E-state index is 5.36. The molecule has 0 saturated carbocycles. The molecule has 78 valence electrons. The predicted octanol–water partition coefficient (Wildman–Crippen LogP) is 2.65. The first-order valence-electron chi connectivity index (χ1n) is 3.98. The minimum Gasteiger partial charge on any atom is -0.319 e. The van der Waals surface area contributed by atoms with E-state index in [0.717, 1.165) is 11.5 Å². The summed E-state index contributed by atoms with van der Waals surface area (Å²) >= 11 is 3.60. The first-order chi connectivity index (χ1) is 6.29. The minimum atomic E-state index is -2.17. The molecular weight excluding hydrogens is 227 g/mol. The molecular formula is C7H15O3PS2. The molecule has 1 rings (SSSR count). The van der Waals surface area contributed by atoms with Crippen molar-refractivity contribution in [2.24, 2.45) is 0 Å². The van der Waals surface area contributed by atoms with E-state index >= 15 is 0 Å². The van der Waals surface area contributed by atoms with Gasteiger partial charge in [-0.1, -0.05) is 0 Å². The maximum Gasteiger partial charge on any atom is 0.277 e. The second-order valence-electron chi connectivity index (χ2n) is 2.36. The fourth-order valence-corrected chi connectivity index (χ4v) is 7.02. The fraction of sp³-hybridized carbons (Fsp3) is 0.857. The first-order valence-corrected chi connectivity index (χ1v) is 7.50. The van der Waals surface area contributed by atoms with Gasteiger partial charge in [-0.3, -0.25) is 0 Å². The van der Waals surface area contributed by atoms with Crippen LogP contribution < -0.4 is 0 Å². The third-order valence-electron chi connectivity index (χ3n) is 1.68. The smallest absolute Gasteiger partial charge is 0.277 e. The molecule has 0 bridgehead atoms. The molecule has 1 saturated heterocycles. The molecule has 1 aliphatic rings. The number of thioether (sulfide) groups is 2. The van der Waals surface area contributed by atoms with Gasteiger partial charge in [0.25, 0.3) is 7.57 Å². The summed E-state index contributed by atoms with van der Waals surface area (Å²) in [5.41, 5.74) is 0. The van der Waals surface area contributed by atoms with Crippen molar-refractivity contribution in [3.05, 3.63) is 0 Å². The van der Waals surface area contributed by atoms with E-state index in [-0.39, 0.29) is 0 Å². The van der Waals surface area contributed by atoms with Crippen LogP contribution in [0.2, 0.25) is 0 Å². The van der Waals surface area contributed by atoms with Crippen LogP contribution in [0.4, 0.5) is 0 Å². The summed E-state index contributed by atoms with van der Waals surface area (Å²) in [6.45, 7) is 0. The van der Waals surface area contributed by atoms with Crippen LogP contribution in [0.5, 0.6) is 0 Å². The van der Waals surface area contributed by atoms with Crippen molar-refractivity contribution < 1.29 is 13.6 Å².